The fourth-order valence-electron chi connectivity index (χ4n) is 2.68. The third-order valence-electron chi connectivity index (χ3n) is 4.04. The summed E-state index contributed by atoms with van der Waals surface area (Å²) in [6.07, 6.45) is 1.78. The van der Waals surface area contributed by atoms with Gasteiger partial charge in [-0.25, -0.2) is 18.3 Å². The SMILES string of the molecule is Cc1ccn(-c2ccc(Oc3ccc(NC(=O)Nc4cc(F)cc(F)c4)cc3)nn2)n1. The predicted octanol–water partition coefficient (Wildman–Crippen LogP) is 4.69. The Hall–Kier alpha value is -4.34. The molecule has 2 aromatic heterocycles. The minimum atomic E-state index is -0.785. The van der Waals surface area contributed by atoms with Crippen molar-refractivity contribution in [1.29, 1.82) is 0 Å². The van der Waals surface area contributed by atoms with Crippen molar-refractivity contribution in [3.8, 4) is 17.4 Å². The summed E-state index contributed by atoms with van der Waals surface area (Å²) in [4.78, 5) is 12.0. The Labute approximate surface area is 175 Å². The molecule has 31 heavy (non-hydrogen) atoms. The Morgan fingerprint density at radius 2 is 1.61 bits per heavy atom. The van der Waals surface area contributed by atoms with Gasteiger partial charge < -0.3 is 15.4 Å². The first-order valence-electron chi connectivity index (χ1n) is 9.13. The van der Waals surface area contributed by atoms with E-state index < -0.39 is 17.7 Å². The van der Waals surface area contributed by atoms with Crippen LogP contribution in [0.2, 0.25) is 0 Å². The Morgan fingerprint density at radius 1 is 0.903 bits per heavy atom. The number of hydrogen-bond donors (Lipinski definition) is 2. The maximum absolute atomic E-state index is 13.2. The summed E-state index contributed by atoms with van der Waals surface area (Å²) in [7, 11) is 0. The Bertz CT molecular complexity index is 1190. The second-order valence-corrected chi connectivity index (χ2v) is 6.50. The average Bonchev–Trinajstić information content (AvgIpc) is 3.15. The molecule has 0 aliphatic carbocycles. The second-order valence-electron chi connectivity index (χ2n) is 6.50. The first kappa shape index (κ1) is 20.0. The number of carbonyl (C=O) groups excluding carboxylic acids is 1. The summed E-state index contributed by atoms with van der Waals surface area (Å²) < 4.78 is 33.6. The van der Waals surface area contributed by atoms with Gasteiger partial charge in [-0.05, 0) is 55.5 Å². The molecule has 0 spiro atoms. The van der Waals surface area contributed by atoms with Crippen molar-refractivity contribution in [3.05, 3.63) is 84.2 Å². The number of ether oxygens (including phenoxy) is 1. The van der Waals surface area contributed by atoms with E-state index in [-0.39, 0.29) is 5.69 Å². The molecule has 8 nitrogen and oxygen atoms in total. The highest BCUT2D eigenvalue weighted by Crippen LogP contribution is 2.22. The van der Waals surface area contributed by atoms with Crippen LogP contribution in [0, 0.1) is 18.6 Å². The van der Waals surface area contributed by atoms with Crippen molar-refractivity contribution in [1.82, 2.24) is 20.0 Å². The molecule has 0 atom stereocenters. The van der Waals surface area contributed by atoms with Crippen LogP contribution in [0.3, 0.4) is 0 Å². The lowest BCUT2D eigenvalue weighted by Crippen LogP contribution is -2.19. The van der Waals surface area contributed by atoms with E-state index in [1.807, 2.05) is 13.0 Å². The van der Waals surface area contributed by atoms with Crippen LogP contribution in [0.15, 0.2) is 66.9 Å². The highest BCUT2D eigenvalue weighted by Gasteiger charge is 2.07. The lowest BCUT2D eigenvalue weighted by Gasteiger charge is -2.09. The van der Waals surface area contributed by atoms with Crippen molar-refractivity contribution in [3.63, 3.8) is 0 Å². The Morgan fingerprint density at radius 3 is 2.23 bits per heavy atom. The molecule has 156 valence electrons. The van der Waals surface area contributed by atoms with Crippen LogP contribution in [-0.2, 0) is 0 Å². The smallest absolute Gasteiger partial charge is 0.323 e. The molecular formula is C21H16F2N6O2. The van der Waals surface area contributed by atoms with E-state index in [9.17, 15) is 13.6 Å². The van der Waals surface area contributed by atoms with Gasteiger partial charge in [-0.15, -0.1) is 10.2 Å². The van der Waals surface area contributed by atoms with Gasteiger partial charge in [-0.1, -0.05) is 0 Å². The number of anilines is 2. The molecule has 0 aliphatic rings. The number of nitrogens with one attached hydrogen (secondary N) is 2. The molecule has 10 heteroatoms. The van der Waals surface area contributed by atoms with E-state index in [1.54, 1.807) is 47.3 Å². The quantitative estimate of drug-likeness (QED) is 0.487. The van der Waals surface area contributed by atoms with Crippen LogP contribution in [0.1, 0.15) is 5.69 Å². The largest absolute Gasteiger partial charge is 0.438 e. The number of aryl methyl sites for hydroxylation is 1. The number of nitrogens with zero attached hydrogens (tertiary/aromatic N) is 4. The van der Waals surface area contributed by atoms with Gasteiger partial charge in [-0.2, -0.15) is 5.10 Å². The van der Waals surface area contributed by atoms with Crippen LogP contribution in [0.25, 0.3) is 5.82 Å². The van der Waals surface area contributed by atoms with Crippen molar-refractivity contribution < 1.29 is 18.3 Å². The monoisotopic (exact) mass is 422 g/mol. The van der Waals surface area contributed by atoms with Gasteiger partial charge in [0.1, 0.15) is 17.4 Å². The van der Waals surface area contributed by atoms with E-state index in [0.29, 0.717) is 23.1 Å². The number of hydrogen-bond acceptors (Lipinski definition) is 5. The summed E-state index contributed by atoms with van der Waals surface area (Å²) >= 11 is 0. The fourth-order valence-corrected chi connectivity index (χ4v) is 2.68. The van der Waals surface area contributed by atoms with Crippen LogP contribution >= 0.6 is 0 Å². The van der Waals surface area contributed by atoms with Gasteiger partial charge in [0.05, 0.1) is 5.69 Å². The van der Waals surface area contributed by atoms with E-state index in [2.05, 4.69) is 25.9 Å². The van der Waals surface area contributed by atoms with Gasteiger partial charge in [0.25, 0.3) is 0 Å². The Kier molecular flexibility index (Phi) is 5.52. The van der Waals surface area contributed by atoms with Crippen LogP contribution in [0.5, 0.6) is 11.6 Å². The summed E-state index contributed by atoms with van der Waals surface area (Å²) in [6.45, 7) is 1.88. The van der Waals surface area contributed by atoms with Crippen LogP contribution in [-0.4, -0.2) is 26.0 Å². The zero-order chi connectivity index (χ0) is 21.8. The number of halogens is 2. The molecule has 0 saturated carbocycles. The molecule has 0 saturated heterocycles. The number of amides is 2. The molecular weight excluding hydrogens is 406 g/mol. The molecule has 2 N–H and O–H groups in total. The second kappa shape index (κ2) is 8.57. The summed E-state index contributed by atoms with van der Waals surface area (Å²) in [5.41, 5.74) is 1.33. The lowest BCUT2D eigenvalue weighted by atomic mass is 10.3. The molecule has 2 aromatic carbocycles. The van der Waals surface area contributed by atoms with E-state index in [4.69, 9.17) is 4.74 Å². The number of rotatable bonds is 5. The molecule has 0 aliphatic heterocycles. The maximum atomic E-state index is 13.2. The summed E-state index contributed by atoms with van der Waals surface area (Å²) in [5.74, 6) is -0.237. The summed E-state index contributed by atoms with van der Waals surface area (Å²) in [6, 6.07) is 13.8. The highest BCUT2D eigenvalue weighted by molar-refractivity contribution is 5.99. The van der Waals surface area contributed by atoms with Gasteiger partial charge in [0.15, 0.2) is 5.82 Å². The van der Waals surface area contributed by atoms with Crippen molar-refractivity contribution in [2.24, 2.45) is 0 Å². The van der Waals surface area contributed by atoms with Crippen LogP contribution < -0.4 is 15.4 Å². The molecule has 4 rings (SSSR count). The third kappa shape index (κ3) is 5.18. The first-order chi connectivity index (χ1) is 14.9. The van der Waals surface area contributed by atoms with Gasteiger partial charge in [0, 0.05) is 29.7 Å². The minimum Gasteiger partial charge on any atom is -0.438 e. The van der Waals surface area contributed by atoms with Crippen molar-refractivity contribution >= 4 is 17.4 Å². The highest BCUT2D eigenvalue weighted by atomic mass is 19.1. The standard InChI is InChI=1S/C21H16F2N6O2/c1-13-8-9-29(28-13)19-6-7-20(27-26-19)31-18-4-2-16(3-5-18)24-21(30)25-17-11-14(22)10-15(23)12-17/h2-12H,1H3,(H2,24,25,30). The van der Waals surface area contributed by atoms with E-state index in [1.165, 1.54) is 0 Å². The average molecular weight is 422 g/mol. The molecule has 0 bridgehead atoms. The van der Waals surface area contributed by atoms with Gasteiger partial charge in [0.2, 0.25) is 5.88 Å². The Balaban J connectivity index is 1.35. The first-order valence-corrected chi connectivity index (χ1v) is 9.13. The number of carbonyl (C=O) groups is 1. The normalized spacial score (nSPS) is 10.5. The summed E-state index contributed by atoms with van der Waals surface area (Å²) in [5, 5.41) is 17.3. The van der Waals surface area contributed by atoms with Crippen LogP contribution in [0.4, 0.5) is 25.0 Å². The maximum Gasteiger partial charge on any atom is 0.323 e. The van der Waals surface area contributed by atoms with Crippen molar-refractivity contribution in [2.75, 3.05) is 10.6 Å². The molecule has 2 heterocycles. The van der Waals surface area contributed by atoms with Gasteiger partial charge in [-0.3, -0.25) is 0 Å². The molecule has 4 aromatic rings. The zero-order valence-electron chi connectivity index (χ0n) is 16.2. The van der Waals surface area contributed by atoms with E-state index in [0.717, 1.165) is 23.9 Å². The zero-order valence-corrected chi connectivity index (χ0v) is 16.2. The number of aromatic nitrogens is 4. The predicted molar refractivity (Wildman–Crippen MR) is 109 cm³/mol. The fraction of sp³-hybridized carbons (Fsp3) is 0.0476. The van der Waals surface area contributed by atoms with Crippen molar-refractivity contribution in [2.45, 2.75) is 6.92 Å². The van der Waals surface area contributed by atoms with E-state index >= 15 is 0 Å². The number of benzene rings is 2. The van der Waals surface area contributed by atoms with Gasteiger partial charge >= 0.3 is 6.03 Å². The molecule has 0 fully saturated rings. The molecule has 0 unspecified atom stereocenters. The minimum absolute atomic E-state index is 0.00208. The molecule has 0 radical (unpaired) electrons. The number of urea groups is 1. The topological polar surface area (TPSA) is 94.0 Å². The molecule has 2 amide bonds. The lowest BCUT2D eigenvalue weighted by molar-refractivity contribution is 0.262. The third-order valence-corrected chi connectivity index (χ3v) is 4.04.